The van der Waals surface area contributed by atoms with Crippen molar-refractivity contribution in [1.29, 1.82) is 0 Å². The van der Waals surface area contributed by atoms with Crippen molar-refractivity contribution in [1.82, 2.24) is 10.3 Å². The minimum atomic E-state index is -0.325. The summed E-state index contributed by atoms with van der Waals surface area (Å²) in [7, 11) is 0. The van der Waals surface area contributed by atoms with Crippen LogP contribution in [0.2, 0.25) is 0 Å². The number of aromatic nitrogens is 1. The summed E-state index contributed by atoms with van der Waals surface area (Å²) >= 11 is 0. The van der Waals surface area contributed by atoms with Crippen LogP contribution < -0.4 is 5.32 Å². The highest BCUT2D eigenvalue weighted by Crippen LogP contribution is 2.28. The van der Waals surface area contributed by atoms with Gasteiger partial charge in [-0.15, -0.1) is 0 Å². The first-order valence-electron chi connectivity index (χ1n) is 5.93. The molecule has 4 heteroatoms. The topological polar surface area (TPSA) is 59.1 Å². The number of carbonyl (C=O) groups excluding carboxylic acids is 2. The Labute approximate surface area is 104 Å². The maximum Gasteiger partial charge on any atom is 0.235 e. The van der Waals surface area contributed by atoms with Gasteiger partial charge in [-0.25, -0.2) is 0 Å². The number of benzene rings is 1. The van der Waals surface area contributed by atoms with Crippen LogP contribution in [-0.4, -0.2) is 16.8 Å². The lowest BCUT2D eigenvalue weighted by Gasteiger charge is -2.21. The van der Waals surface area contributed by atoms with Crippen LogP contribution >= 0.6 is 0 Å². The first kappa shape index (κ1) is 10.9. The van der Waals surface area contributed by atoms with E-state index in [1.807, 2.05) is 30.3 Å². The Balaban J connectivity index is 2.09. The fourth-order valence-corrected chi connectivity index (χ4v) is 2.38. The highest BCUT2D eigenvalue weighted by Gasteiger charge is 2.29. The zero-order valence-corrected chi connectivity index (χ0v) is 9.72. The van der Waals surface area contributed by atoms with Crippen LogP contribution in [0, 0.1) is 0 Å². The van der Waals surface area contributed by atoms with Crippen LogP contribution in [0.1, 0.15) is 24.5 Å². The van der Waals surface area contributed by atoms with E-state index in [2.05, 4.69) is 10.3 Å². The lowest BCUT2D eigenvalue weighted by molar-refractivity contribution is -0.134. The fraction of sp³-hybridized carbons (Fsp3) is 0.214. The van der Waals surface area contributed by atoms with Crippen molar-refractivity contribution >= 4 is 22.6 Å². The number of imide groups is 1. The zero-order valence-electron chi connectivity index (χ0n) is 9.72. The molecular formula is C14H12N2O2. The molecular weight excluding hydrogens is 228 g/mol. The lowest BCUT2D eigenvalue weighted by atomic mass is 9.91. The molecule has 1 aromatic heterocycles. The van der Waals surface area contributed by atoms with E-state index in [-0.39, 0.29) is 17.7 Å². The molecule has 0 spiro atoms. The Morgan fingerprint density at radius 3 is 2.83 bits per heavy atom. The van der Waals surface area contributed by atoms with Crippen LogP contribution in [0.4, 0.5) is 0 Å². The van der Waals surface area contributed by atoms with Gasteiger partial charge in [-0.05, 0) is 17.9 Å². The molecule has 90 valence electrons. The molecule has 0 radical (unpaired) electrons. The SMILES string of the molecule is O=C1CCC(c2nccc3ccccc23)C(=O)N1. The molecule has 1 fully saturated rings. The molecule has 4 nitrogen and oxygen atoms in total. The maximum absolute atomic E-state index is 11.9. The van der Waals surface area contributed by atoms with Gasteiger partial charge in [0.05, 0.1) is 11.6 Å². The zero-order chi connectivity index (χ0) is 12.5. The number of carbonyl (C=O) groups is 2. The van der Waals surface area contributed by atoms with Gasteiger partial charge < -0.3 is 0 Å². The minimum absolute atomic E-state index is 0.198. The van der Waals surface area contributed by atoms with E-state index in [9.17, 15) is 9.59 Å². The number of rotatable bonds is 1. The maximum atomic E-state index is 11.9. The van der Waals surface area contributed by atoms with Crippen LogP contribution in [-0.2, 0) is 9.59 Å². The highest BCUT2D eigenvalue weighted by atomic mass is 16.2. The normalized spacial score (nSPS) is 19.9. The third kappa shape index (κ3) is 1.76. The molecule has 2 aromatic rings. The van der Waals surface area contributed by atoms with Crippen LogP contribution in [0.5, 0.6) is 0 Å². The molecule has 1 aliphatic heterocycles. The van der Waals surface area contributed by atoms with Crippen molar-refractivity contribution in [3.05, 3.63) is 42.2 Å². The molecule has 1 N–H and O–H groups in total. The van der Waals surface area contributed by atoms with Crippen molar-refractivity contribution in [2.75, 3.05) is 0 Å². The lowest BCUT2D eigenvalue weighted by Crippen LogP contribution is -2.39. The van der Waals surface area contributed by atoms with E-state index in [0.717, 1.165) is 16.5 Å². The highest BCUT2D eigenvalue weighted by molar-refractivity contribution is 6.02. The summed E-state index contributed by atoms with van der Waals surface area (Å²) in [6.45, 7) is 0. The number of amides is 2. The Hall–Kier alpha value is -2.23. The molecule has 1 atom stereocenters. The molecule has 2 heterocycles. The Morgan fingerprint density at radius 1 is 1.17 bits per heavy atom. The predicted octanol–water partition coefficient (Wildman–Crippen LogP) is 1.75. The molecule has 1 aliphatic rings. The van der Waals surface area contributed by atoms with Crippen molar-refractivity contribution in [3.63, 3.8) is 0 Å². The van der Waals surface area contributed by atoms with E-state index in [4.69, 9.17) is 0 Å². The molecule has 0 saturated carbocycles. The number of nitrogens with zero attached hydrogens (tertiary/aromatic N) is 1. The van der Waals surface area contributed by atoms with Crippen molar-refractivity contribution < 1.29 is 9.59 Å². The number of hydrogen-bond donors (Lipinski definition) is 1. The smallest absolute Gasteiger partial charge is 0.235 e. The number of fused-ring (bicyclic) bond motifs is 1. The first-order valence-corrected chi connectivity index (χ1v) is 5.93. The van der Waals surface area contributed by atoms with Crippen molar-refractivity contribution in [2.45, 2.75) is 18.8 Å². The molecule has 2 amide bonds. The van der Waals surface area contributed by atoms with E-state index in [1.165, 1.54) is 0 Å². The second-order valence-corrected chi connectivity index (χ2v) is 4.42. The summed E-state index contributed by atoms with van der Waals surface area (Å²) in [6, 6.07) is 9.76. The number of nitrogens with one attached hydrogen (secondary N) is 1. The average Bonchev–Trinajstić information content (AvgIpc) is 2.38. The number of pyridine rings is 1. The van der Waals surface area contributed by atoms with Crippen molar-refractivity contribution in [3.8, 4) is 0 Å². The quantitative estimate of drug-likeness (QED) is 0.772. The van der Waals surface area contributed by atoms with Gasteiger partial charge in [-0.3, -0.25) is 19.9 Å². The standard InChI is InChI=1S/C14H12N2O2/c17-12-6-5-11(14(18)16-12)13-10-4-2-1-3-9(10)7-8-15-13/h1-4,7-8,11H,5-6H2,(H,16,17,18). The van der Waals surface area contributed by atoms with E-state index in [1.54, 1.807) is 6.20 Å². The monoisotopic (exact) mass is 240 g/mol. The van der Waals surface area contributed by atoms with E-state index in [0.29, 0.717) is 12.8 Å². The molecule has 1 aromatic carbocycles. The summed E-state index contributed by atoms with van der Waals surface area (Å²) in [6.07, 6.45) is 2.62. The van der Waals surface area contributed by atoms with Gasteiger partial charge in [0.15, 0.2) is 0 Å². The molecule has 1 unspecified atom stereocenters. The average molecular weight is 240 g/mol. The van der Waals surface area contributed by atoms with Gasteiger partial charge in [-0.1, -0.05) is 24.3 Å². The third-order valence-electron chi connectivity index (χ3n) is 3.27. The Kier molecular flexibility index (Phi) is 2.55. The minimum Gasteiger partial charge on any atom is -0.296 e. The second-order valence-electron chi connectivity index (χ2n) is 4.42. The van der Waals surface area contributed by atoms with Gasteiger partial charge in [0.1, 0.15) is 0 Å². The summed E-state index contributed by atoms with van der Waals surface area (Å²) < 4.78 is 0. The first-order chi connectivity index (χ1) is 8.75. The van der Waals surface area contributed by atoms with E-state index < -0.39 is 0 Å². The van der Waals surface area contributed by atoms with Gasteiger partial charge >= 0.3 is 0 Å². The summed E-state index contributed by atoms with van der Waals surface area (Å²) in [5, 5.41) is 4.42. The Morgan fingerprint density at radius 2 is 2.00 bits per heavy atom. The van der Waals surface area contributed by atoms with Crippen LogP contribution in [0.3, 0.4) is 0 Å². The van der Waals surface area contributed by atoms with Gasteiger partial charge in [0, 0.05) is 18.0 Å². The fourth-order valence-electron chi connectivity index (χ4n) is 2.38. The van der Waals surface area contributed by atoms with Crippen LogP contribution in [0.15, 0.2) is 36.5 Å². The third-order valence-corrected chi connectivity index (χ3v) is 3.27. The second kappa shape index (κ2) is 4.22. The summed E-state index contributed by atoms with van der Waals surface area (Å²) in [4.78, 5) is 27.4. The van der Waals surface area contributed by atoms with Gasteiger partial charge in [0.2, 0.25) is 11.8 Å². The van der Waals surface area contributed by atoms with E-state index >= 15 is 0 Å². The summed E-state index contributed by atoms with van der Waals surface area (Å²) in [5.41, 5.74) is 0.762. The van der Waals surface area contributed by atoms with Crippen molar-refractivity contribution in [2.24, 2.45) is 0 Å². The molecule has 3 rings (SSSR count). The predicted molar refractivity (Wildman–Crippen MR) is 66.9 cm³/mol. The van der Waals surface area contributed by atoms with Crippen LogP contribution in [0.25, 0.3) is 10.8 Å². The largest absolute Gasteiger partial charge is 0.296 e. The number of piperidine rings is 1. The molecule has 0 bridgehead atoms. The Bertz CT molecular complexity index is 631. The summed E-state index contributed by atoms with van der Waals surface area (Å²) in [5.74, 6) is -0.764. The van der Waals surface area contributed by atoms with Gasteiger partial charge in [-0.2, -0.15) is 0 Å². The number of hydrogen-bond acceptors (Lipinski definition) is 3. The van der Waals surface area contributed by atoms with Gasteiger partial charge in [0.25, 0.3) is 0 Å². The molecule has 0 aliphatic carbocycles. The molecule has 18 heavy (non-hydrogen) atoms. The molecule has 1 saturated heterocycles.